The molecule has 1 aliphatic rings. The minimum Gasteiger partial charge on any atom is -0.368 e. The summed E-state index contributed by atoms with van der Waals surface area (Å²) < 4.78 is 28.6. The molecule has 0 radical (unpaired) electrons. The zero-order valence-electron chi connectivity index (χ0n) is 16.8. The van der Waals surface area contributed by atoms with Gasteiger partial charge in [0.1, 0.15) is 0 Å². The standard InChI is InChI=1S/C24H22ClN3O2S/c25-21-11-12-24-19(13-21)14-22(27-31(29,30)23-9-5-2-6-10-23)17-28(24)16-20(15-26)18-7-3-1-4-8-18/h1-13,20,22,27H,14,16-17H2. The molecule has 158 valence electrons. The lowest BCUT2D eigenvalue weighted by Crippen LogP contribution is -2.49. The van der Waals surface area contributed by atoms with Crippen molar-refractivity contribution in [2.24, 2.45) is 0 Å². The lowest BCUT2D eigenvalue weighted by atomic mass is 9.95. The second-order valence-electron chi connectivity index (χ2n) is 7.61. The van der Waals surface area contributed by atoms with E-state index >= 15 is 0 Å². The molecule has 1 aliphatic heterocycles. The van der Waals surface area contributed by atoms with Crippen LogP contribution in [0.1, 0.15) is 17.0 Å². The highest BCUT2D eigenvalue weighted by Gasteiger charge is 2.30. The van der Waals surface area contributed by atoms with Gasteiger partial charge in [-0.3, -0.25) is 0 Å². The molecule has 3 aromatic rings. The highest BCUT2D eigenvalue weighted by atomic mass is 35.5. The minimum absolute atomic E-state index is 0.234. The fourth-order valence-electron chi connectivity index (χ4n) is 3.99. The first kappa shape index (κ1) is 21.4. The second-order valence-corrected chi connectivity index (χ2v) is 9.76. The molecule has 1 heterocycles. The molecule has 0 saturated carbocycles. The molecular weight excluding hydrogens is 430 g/mol. The zero-order chi connectivity index (χ0) is 21.8. The number of halogens is 1. The van der Waals surface area contributed by atoms with Gasteiger partial charge in [0.25, 0.3) is 0 Å². The summed E-state index contributed by atoms with van der Waals surface area (Å²) in [4.78, 5) is 2.31. The molecule has 0 bridgehead atoms. The number of nitriles is 1. The maximum atomic E-state index is 12.9. The van der Waals surface area contributed by atoms with E-state index in [9.17, 15) is 13.7 Å². The molecule has 0 aliphatic carbocycles. The molecular formula is C24H22ClN3O2S. The molecule has 2 unspecified atom stereocenters. The van der Waals surface area contributed by atoms with Gasteiger partial charge in [0.05, 0.1) is 16.9 Å². The van der Waals surface area contributed by atoms with Crippen molar-refractivity contribution in [2.75, 3.05) is 18.0 Å². The summed E-state index contributed by atoms with van der Waals surface area (Å²) in [5.41, 5.74) is 2.88. The van der Waals surface area contributed by atoms with Crippen molar-refractivity contribution in [1.29, 1.82) is 5.26 Å². The summed E-state index contributed by atoms with van der Waals surface area (Å²) in [6.45, 7) is 0.921. The van der Waals surface area contributed by atoms with Gasteiger partial charge in [-0.1, -0.05) is 60.1 Å². The molecule has 0 aromatic heterocycles. The van der Waals surface area contributed by atoms with Crippen molar-refractivity contribution in [2.45, 2.75) is 23.3 Å². The molecule has 0 amide bonds. The molecule has 0 saturated heterocycles. The molecule has 0 spiro atoms. The highest BCUT2D eigenvalue weighted by Crippen LogP contribution is 2.32. The average molecular weight is 452 g/mol. The topological polar surface area (TPSA) is 73.2 Å². The maximum absolute atomic E-state index is 12.9. The molecule has 7 heteroatoms. The molecule has 5 nitrogen and oxygen atoms in total. The van der Waals surface area contributed by atoms with Crippen molar-refractivity contribution in [3.8, 4) is 6.07 Å². The van der Waals surface area contributed by atoms with E-state index in [2.05, 4.69) is 15.7 Å². The molecule has 2 atom stereocenters. The van der Waals surface area contributed by atoms with Gasteiger partial charge in [-0.25, -0.2) is 13.1 Å². The Labute approximate surface area is 187 Å². The summed E-state index contributed by atoms with van der Waals surface area (Å²) >= 11 is 6.22. The third-order valence-corrected chi connectivity index (χ3v) is 7.20. The number of rotatable bonds is 6. The first-order chi connectivity index (χ1) is 15.0. The number of hydrogen-bond donors (Lipinski definition) is 1. The molecule has 4 rings (SSSR count). The van der Waals surface area contributed by atoms with Crippen LogP contribution in [0, 0.1) is 11.3 Å². The summed E-state index contributed by atoms with van der Waals surface area (Å²) in [6, 6.07) is 25.7. The van der Waals surface area contributed by atoms with Gasteiger partial charge in [-0.05, 0) is 47.9 Å². The van der Waals surface area contributed by atoms with Crippen LogP contribution in [0.4, 0.5) is 5.69 Å². The number of nitrogens with one attached hydrogen (secondary N) is 1. The van der Waals surface area contributed by atoms with Crippen LogP contribution in [0.3, 0.4) is 0 Å². The van der Waals surface area contributed by atoms with Gasteiger partial charge >= 0.3 is 0 Å². The van der Waals surface area contributed by atoms with Gasteiger partial charge in [0, 0.05) is 29.8 Å². The fraction of sp³-hybridized carbons (Fsp3) is 0.208. The van der Waals surface area contributed by atoms with Crippen LogP contribution in [0.5, 0.6) is 0 Å². The van der Waals surface area contributed by atoms with Crippen molar-refractivity contribution in [3.05, 3.63) is 95.0 Å². The van der Waals surface area contributed by atoms with Gasteiger partial charge < -0.3 is 4.90 Å². The number of fused-ring (bicyclic) bond motifs is 1. The third kappa shape index (κ3) is 4.91. The third-order valence-electron chi connectivity index (χ3n) is 5.43. The molecule has 0 fully saturated rings. The van der Waals surface area contributed by atoms with E-state index in [-0.39, 0.29) is 16.9 Å². The van der Waals surface area contributed by atoms with E-state index in [1.165, 1.54) is 0 Å². The Morgan fingerprint density at radius 1 is 1.06 bits per heavy atom. The van der Waals surface area contributed by atoms with Crippen LogP contribution in [-0.2, 0) is 16.4 Å². The Morgan fingerprint density at radius 2 is 1.74 bits per heavy atom. The lowest BCUT2D eigenvalue weighted by molar-refractivity contribution is 0.522. The van der Waals surface area contributed by atoms with Crippen LogP contribution < -0.4 is 9.62 Å². The van der Waals surface area contributed by atoms with E-state index in [0.29, 0.717) is 24.5 Å². The lowest BCUT2D eigenvalue weighted by Gasteiger charge is -2.37. The van der Waals surface area contributed by atoms with Gasteiger partial charge in [0.15, 0.2) is 0 Å². The Bertz CT molecular complexity index is 1190. The van der Waals surface area contributed by atoms with Crippen LogP contribution in [0.25, 0.3) is 0 Å². The maximum Gasteiger partial charge on any atom is 0.240 e. The van der Waals surface area contributed by atoms with Crippen LogP contribution in [-0.4, -0.2) is 27.5 Å². The Balaban J connectivity index is 1.62. The first-order valence-electron chi connectivity index (χ1n) is 10.0. The molecule has 31 heavy (non-hydrogen) atoms. The number of hydrogen-bond acceptors (Lipinski definition) is 4. The van der Waals surface area contributed by atoms with Gasteiger partial charge in [0.2, 0.25) is 10.0 Å². The van der Waals surface area contributed by atoms with Crippen molar-refractivity contribution in [1.82, 2.24) is 4.72 Å². The Morgan fingerprint density at radius 3 is 2.42 bits per heavy atom. The van der Waals surface area contributed by atoms with Crippen LogP contribution >= 0.6 is 11.6 Å². The van der Waals surface area contributed by atoms with Gasteiger partial charge in [-0.15, -0.1) is 0 Å². The summed E-state index contributed by atoms with van der Waals surface area (Å²) in [5, 5.41) is 10.4. The van der Waals surface area contributed by atoms with Gasteiger partial charge in [-0.2, -0.15) is 5.26 Å². The predicted molar refractivity (Wildman–Crippen MR) is 123 cm³/mol. The van der Waals surface area contributed by atoms with Crippen LogP contribution in [0.15, 0.2) is 83.8 Å². The van der Waals surface area contributed by atoms with E-state index < -0.39 is 10.0 Å². The molecule has 1 N–H and O–H groups in total. The normalized spacial score (nSPS) is 16.9. The van der Waals surface area contributed by atoms with Crippen molar-refractivity contribution in [3.63, 3.8) is 0 Å². The first-order valence-corrected chi connectivity index (χ1v) is 11.9. The average Bonchev–Trinajstić information content (AvgIpc) is 2.78. The van der Waals surface area contributed by atoms with Crippen LogP contribution in [0.2, 0.25) is 5.02 Å². The van der Waals surface area contributed by atoms with E-state index in [0.717, 1.165) is 16.8 Å². The quantitative estimate of drug-likeness (QED) is 0.604. The van der Waals surface area contributed by atoms with E-state index in [1.807, 2.05) is 48.5 Å². The van der Waals surface area contributed by atoms with E-state index in [1.54, 1.807) is 30.3 Å². The zero-order valence-corrected chi connectivity index (χ0v) is 18.4. The number of nitrogens with zero attached hydrogens (tertiary/aromatic N) is 2. The largest absolute Gasteiger partial charge is 0.368 e. The Kier molecular flexibility index (Phi) is 6.28. The number of anilines is 1. The minimum atomic E-state index is -3.66. The Hall–Kier alpha value is -2.85. The summed E-state index contributed by atoms with van der Waals surface area (Å²) in [6.07, 6.45) is 0.529. The predicted octanol–water partition coefficient (Wildman–Crippen LogP) is 4.36. The van der Waals surface area contributed by atoms with E-state index in [4.69, 9.17) is 11.6 Å². The highest BCUT2D eigenvalue weighted by molar-refractivity contribution is 7.89. The summed E-state index contributed by atoms with van der Waals surface area (Å²) in [5.74, 6) is -0.339. The second kappa shape index (κ2) is 9.11. The summed E-state index contributed by atoms with van der Waals surface area (Å²) in [7, 11) is -3.66. The van der Waals surface area contributed by atoms with Crippen molar-refractivity contribution < 1.29 is 8.42 Å². The van der Waals surface area contributed by atoms with Crippen molar-refractivity contribution >= 4 is 27.3 Å². The fourth-order valence-corrected chi connectivity index (χ4v) is 5.43. The smallest absolute Gasteiger partial charge is 0.240 e. The SMILES string of the molecule is N#CC(CN1CC(NS(=O)(=O)c2ccccc2)Cc2cc(Cl)ccc21)c1ccccc1. The number of sulfonamides is 1. The monoisotopic (exact) mass is 451 g/mol. The molecule has 3 aromatic carbocycles. The number of benzene rings is 3.